The SMILES string of the molecule is Cn1c2ccncc2c2ccc(-c3ccccc3)cc21. The molecule has 20 heavy (non-hydrogen) atoms. The van der Waals surface area contributed by atoms with Crippen LogP contribution in [0.2, 0.25) is 0 Å². The van der Waals surface area contributed by atoms with E-state index in [0.717, 1.165) is 0 Å². The summed E-state index contributed by atoms with van der Waals surface area (Å²) in [6, 6.07) is 19.2. The predicted octanol–water partition coefficient (Wildman–Crippen LogP) is 4.39. The van der Waals surface area contributed by atoms with Crippen LogP contribution in [0.5, 0.6) is 0 Å². The van der Waals surface area contributed by atoms with Gasteiger partial charge in [0.15, 0.2) is 0 Å². The Kier molecular flexibility index (Phi) is 2.36. The number of rotatable bonds is 1. The third kappa shape index (κ3) is 1.55. The van der Waals surface area contributed by atoms with Crippen LogP contribution in [0.15, 0.2) is 67.0 Å². The zero-order valence-electron chi connectivity index (χ0n) is 11.2. The quantitative estimate of drug-likeness (QED) is 0.495. The van der Waals surface area contributed by atoms with Gasteiger partial charge in [0.05, 0.1) is 5.52 Å². The lowest BCUT2D eigenvalue weighted by molar-refractivity contribution is 1.01. The van der Waals surface area contributed by atoms with Gasteiger partial charge in [0.2, 0.25) is 0 Å². The minimum absolute atomic E-state index is 1.21. The summed E-state index contributed by atoms with van der Waals surface area (Å²) in [5.74, 6) is 0. The Hall–Kier alpha value is -2.61. The summed E-state index contributed by atoms with van der Waals surface area (Å²) in [5.41, 5.74) is 4.96. The van der Waals surface area contributed by atoms with Crippen molar-refractivity contribution in [3.63, 3.8) is 0 Å². The van der Waals surface area contributed by atoms with Crippen molar-refractivity contribution in [1.29, 1.82) is 0 Å². The number of nitrogens with zero attached hydrogens (tertiary/aromatic N) is 2. The minimum atomic E-state index is 1.21. The molecular formula is C18H14N2. The van der Waals surface area contributed by atoms with E-state index < -0.39 is 0 Å². The van der Waals surface area contributed by atoms with E-state index in [0.29, 0.717) is 0 Å². The molecular weight excluding hydrogens is 244 g/mol. The van der Waals surface area contributed by atoms with Crippen molar-refractivity contribution in [3.8, 4) is 11.1 Å². The molecule has 2 aromatic carbocycles. The standard InChI is InChI=1S/C18H14N2/c1-20-17-9-10-19-12-16(17)15-8-7-14(11-18(15)20)13-5-3-2-4-6-13/h2-12H,1H3. The lowest BCUT2D eigenvalue weighted by atomic mass is 10.0. The third-order valence-electron chi connectivity index (χ3n) is 3.92. The molecule has 0 aliphatic rings. The molecule has 4 rings (SSSR count). The highest BCUT2D eigenvalue weighted by atomic mass is 14.9. The lowest BCUT2D eigenvalue weighted by Crippen LogP contribution is -1.87. The van der Waals surface area contributed by atoms with Gasteiger partial charge in [-0.15, -0.1) is 0 Å². The zero-order chi connectivity index (χ0) is 13.5. The fourth-order valence-corrected chi connectivity index (χ4v) is 2.86. The van der Waals surface area contributed by atoms with Gasteiger partial charge < -0.3 is 4.57 Å². The molecule has 2 heteroatoms. The van der Waals surface area contributed by atoms with Crippen molar-refractivity contribution in [3.05, 3.63) is 67.0 Å². The van der Waals surface area contributed by atoms with Gasteiger partial charge in [-0.05, 0) is 23.3 Å². The molecule has 0 saturated heterocycles. The number of aryl methyl sites for hydroxylation is 1. The number of hydrogen-bond donors (Lipinski definition) is 0. The number of pyridine rings is 1. The van der Waals surface area contributed by atoms with Gasteiger partial charge in [-0.25, -0.2) is 0 Å². The molecule has 96 valence electrons. The first-order valence-corrected chi connectivity index (χ1v) is 6.72. The normalized spacial score (nSPS) is 11.2. The molecule has 0 amide bonds. The van der Waals surface area contributed by atoms with Gasteiger partial charge in [0.25, 0.3) is 0 Å². The smallest absolute Gasteiger partial charge is 0.0519 e. The third-order valence-corrected chi connectivity index (χ3v) is 3.92. The Morgan fingerprint density at radius 1 is 0.800 bits per heavy atom. The van der Waals surface area contributed by atoms with Crippen LogP contribution in [0.4, 0.5) is 0 Å². The van der Waals surface area contributed by atoms with E-state index in [2.05, 4.69) is 65.1 Å². The monoisotopic (exact) mass is 258 g/mol. The van der Waals surface area contributed by atoms with Crippen LogP contribution in [-0.2, 0) is 7.05 Å². The van der Waals surface area contributed by atoms with Crippen LogP contribution in [0.3, 0.4) is 0 Å². The summed E-state index contributed by atoms with van der Waals surface area (Å²) in [5, 5.41) is 2.47. The average molecular weight is 258 g/mol. The van der Waals surface area contributed by atoms with Crippen LogP contribution in [0, 0.1) is 0 Å². The molecule has 0 radical (unpaired) electrons. The van der Waals surface area contributed by atoms with Crippen LogP contribution >= 0.6 is 0 Å². The molecule has 0 N–H and O–H groups in total. The van der Waals surface area contributed by atoms with Crippen molar-refractivity contribution < 1.29 is 0 Å². The molecule has 0 atom stereocenters. The topological polar surface area (TPSA) is 17.8 Å². The van der Waals surface area contributed by atoms with E-state index in [1.54, 1.807) is 0 Å². The molecule has 2 aromatic heterocycles. The molecule has 0 fully saturated rings. The first kappa shape index (κ1) is 11.2. The van der Waals surface area contributed by atoms with Crippen molar-refractivity contribution in [2.45, 2.75) is 0 Å². The summed E-state index contributed by atoms with van der Waals surface area (Å²) in [6.07, 6.45) is 3.79. The van der Waals surface area contributed by atoms with Crippen LogP contribution in [0.1, 0.15) is 0 Å². The van der Waals surface area contributed by atoms with Crippen molar-refractivity contribution >= 4 is 21.8 Å². The average Bonchev–Trinajstić information content (AvgIpc) is 2.81. The number of fused-ring (bicyclic) bond motifs is 3. The first-order valence-electron chi connectivity index (χ1n) is 6.72. The Bertz CT molecular complexity index is 905. The predicted molar refractivity (Wildman–Crippen MR) is 83.7 cm³/mol. The second kappa shape index (κ2) is 4.20. The highest BCUT2D eigenvalue weighted by Gasteiger charge is 2.08. The van der Waals surface area contributed by atoms with E-state index >= 15 is 0 Å². The maximum atomic E-state index is 4.24. The van der Waals surface area contributed by atoms with Crippen molar-refractivity contribution in [1.82, 2.24) is 9.55 Å². The number of benzene rings is 2. The maximum absolute atomic E-state index is 4.24. The molecule has 4 aromatic rings. The van der Waals surface area contributed by atoms with Gasteiger partial charge in [0.1, 0.15) is 0 Å². The molecule has 2 nitrogen and oxygen atoms in total. The molecule has 0 spiro atoms. The molecule has 2 heterocycles. The highest BCUT2D eigenvalue weighted by molar-refractivity contribution is 6.08. The summed E-state index contributed by atoms with van der Waals surface area (Å²) in [4.78, 5) is 4.24. The summed E-state index contributed by atoms with van der Waals surface area (Å²) in [6.45, 7) is 0. The van der Waals surface area contributed by atoms with Crippen LogP contribution in [-0.4, -0.2) is 9.55 Å². The van der Waals surface area contributed by atoms with Crippen LogP contribution < -0.4 is 0 Å². The first-order chi connectivity index (χ1) is 9.84. The van der Waals surface area contributed by atoms with E-state index in [1.807, 2.05) is 18.5 Å². The number of hydrogen-bond acceptors (Lipinski definition) is 1. The van der Waals surface area contributed by atoms with Gasteiger partial charge in [-0.2, -0.15) is 0 Å². The maximum Gasteiger partial charge on any atom is 0.0519 e. The molecule has 0 bridgehead atoms. The van der Waals surface area contributed by atoms with Gasteiger partial charge >= 0.3 is 0 Å². The summed E-state index contributed by atoms with van der Waals surface area (Å²) >= 11 is 0. The van der Waals surface area contributed by atoms with E-state index in [1.165, 1.54) is 32.9 Å². The fraction of sp³-hybridized carbons (Fsp3) is 0.0556. The van der Waals surface area contributed by atoms with Gasteiger partial charge in [0, 0.05) is 35.7 Å². The zero-order valence-corrected chi connectivity index (χ0v) is 11.2. The molecule has 0 saturated carbocycles. The number of aromatic nitrogens is 2. The second-order valence-electron chi connectivity index (χ2n) is 5.05. The van der Waals surface area contributed by atoms with Gasteiger partial charge in [-0.1, -0.05) is 42.5 Å². The highest BCUT2D eigenvalue weighted by Crippen LogP contribution is 2.30. The largest absolute Gasteiger partial charge is 0.343 e. The second-order valence-corrected chi connectivity index (χ2v) is 5.05. The van der Waals surface area contributed by atoms with Crippen LogP contribution in [0.25, 0.3) is 32.9 Å². The Balaban J connectivity index is 2.05. The molecule has 0 aliphatic heterocycles. The fourth-order valence-electron chi connectivity index (χ4n) is 2.86. The lowest BCUT2D eigenvalue weighted by Gasteiger charge is -2.03. The summed E-state index contributed by atoms with van der Waals surface area (Å²) in [7, 11) is 2.11. The Morgan fingerprint density at radius 3 is 2.50 bits per heavy atom. The van der Waals surface area contributed by atoms with Crippen molar-refractivity contribution in [2.24, 2.45) is 7.05 Å². The molecule has 0 aliphatic carbocycles. The molecule has 0 unspecified atom stereocenters. The van der Waals surface area contributed by atoms with Crippen molar-refractivity contribution in [2.75, 3.05) is 0 Å². The Labute approximate surface area is 117 Å². The summed E-state index contributed by atoms with van der Waals surface area (Å²) < 4.78 is 2.23. The van der Waals surface area contributed by atoms with E-state index in [4.69, 9.17) is 0 Å². The van der Waals surface area contributed by atoms with Gasteiger partial charge in [-0.3, -0.25) is 4.98 Å². The Morgan fingerprint density at radius 2 is 1.65 bits per heavy atom. The van der Waals surface area contributed by atoms with E-state index in [9.17, 15) is 0 Å². The van der Waals surface area contributed by atoms with E-state index in [-0.39, 0.29) is 0 Å². The minimum Gasteiger partial charge on any atom is -0.343 e.